The van der Waals surface area contributed by atoms with Crippen LogP contribution < -0.4 is 10.6 Å². The van der Waals surface area contributed by atoms with Gasteiger partial charge in [-0.3, -0.25) is 0 Å². The van der Waals surface area contributed by atoms with E-state index < -0.39 is 0 Å². The van der Waals surface area contributed by atoms with Crippen molar-refractivity contribution < 1.29 is 9.84 Å². The number of methoxy groups -OCH3 is 1. The summed E-state index contributed by atoms with van der Waals surface area (Å²) in [6, 6.07) is 1.60. The van der Waals surface area contributed by atoms with Crippen LogP contribution in [0.5, 0.6) is 0 Å². The molecule has 6 nitrogen and oxygen atoms in total. The normalized spacial score (nSPS) is 12.2. The first-order chi connectivity index (χ1) is 8.30. The molecule has 96 valence electrons. The van der Waals surface area contributed by atoms with Crippen LogP contribution in [0.25, 0.3) is 0 Å². The molecule has 0 bridgehead atoms. The summed E-state index contributed by atoms with van der Waals surface area (Å²) in [5.74, 6) is 1.26. The zero-order chi connectivity index (χ0) is 12.5. The van der Waals surface area contributed by atoms with E-state index >= 15 is 0 Å². The Balaban J connectivity index is 2.57. The summed E-state index contributed by atoms with van der Waals surface area (Å²) in [4.78, 5) is 8.38. The molecule has 0 saturated heterocycles. The SMILES string of the molecule is CCCNc1nccc(NC(CO)COC)n1. The third-order valence-electron chi connectivity index (χ3n) is 2.13. The van der Waals surface area contributed by atoms with Crippen LogP contribution in [0.2, 0.25) is 0 Å². The van der Waals surface area contributed by atoms with Gasteiger partial charge >= 0.3 is 0 Å². The molecule has 0 aliphatic carbocycles. The largest absolute Gasteiger partial charge is 0.394 e. The molecular formula is C11H20N4O2. The van der Waals surface area contributed by atoms with Gasteiger partial charge in [-0.15, -0.1) is 0 Å². The molecule has 1 unspecified atom stereocenters. The van der Waals surface area contributed by atoms with Crippen LogP contribution >= 0.6 is 0 Å². The Hall–Kier alpha value is -1.40. The number of anilines is 2. The maximum Gasteiger partial charge on any atom is 0.224 e. The summed E-state index contributed by atoms with van der Waals surface area (Å²) in [6.45, 7) is 3.34. The topological polar surface area (TPSA) is 79.3 Å². The lowest BCUT2D eigenvalue weighted by Gasteiger charge is -2.16. The molecule has 1 aromatic rings. The number of aliphatic hydroxyl groups excluding tert-OH is 1. The number of hydrogen-bond donors (Lipinski definition) is 3. The van der Waals surface area contributed by atoms with Gasteiger partial charge < -0.3 is 20.5 Å². The molecule has 3 N–H and O–H groups in total. The number of nitrogens with one attached hydrogen (secondary N) is 2. The molecule has 0 aliphatic heterocycles. The van der Waals surface area contributed by atoms with Gasteiger partial charge in [0.25, 0.3) is 0 Å². The van der Waals surface area contributed by atoms with E-state index in [0.29, 0.717) is 18.4 Å². The quantitative estimate of drug-likeness (QED) is 0.621. The molecule has 0 aliphatic rings. The second-order valence-corrected chi connectivity index (χ2v) is 3.67. The van der Waals surface area contributed by atoms with Crippen molar-refractivity contribution in [1.82, 2.24) is 9.97 Å². The van der Waals surface area contributed by atoms with E-state index in [4.69, 9.17) is 9.84 Å². The third kappa shape index (κ3) is 4.97. The standard InChI is InChI=1S/C11H20N4O2/c1-3-5-12-11-13-6-4-10(15-11)14-9(7-16)8-17-2/h4,6,9,16H,3,5,7-8H2,1-2H3,(H2,12,13,14,15). The summed E-state index contributed by atoms with van der Waals surface area (Å²) in [6.07, 6.45) is 2.69. The Morgan fingerprint density at radius 1 is 1.53 bits per heavy atom. The molecule has 0 amide bonds. The Labute approximate surface area is 101 Å². The highest BCUT2D eigenvalue weighted by Crippen LogP contribution is 2.07. The van der Waals surface area contributed by atoms with Gasteiger partial charge in [0.1, 0.15) is 5.82 Å². The van der Waals surface area contributed by atoms with E-state index in [2.05, 4.69) is 27.5 Å². The van der Waals surface area contributed by atoms with Gasteiger partial charge in [0.05, 0.1) is 19.3 Å². The Bertz CT molecular complexity index is 322. The maximum absolute atomic E-state index is 9.13. The number of nitrogens with zero attached hydrogens (tertiary/aromatic N) is 2. The molecular weight excluding hydrogens is 220 g/mol. The van der Waals surface area contributed by atoms with Crippen molar-refractivity contribution in [3.8, 4) is 0 Å². The van der Waals surface area contributed by atoms with Gasteiger partial charge in [-0.2, -0.15) is 4.98 Å². The molecule has 0 spiro atoms. The van der Waals surface area contributed by atoms with Crippen LogP contribution in [0.1, 0.15) is 13.3 Å². The maximum atomic E-state index is 9.13. The minimum Gasteiger partial charge on any atom is -0.394 e. The van der Waals surface area contributed by atoms with Crippen LogP contribution in [0.4, 0.5) is 11.8 Å². The fourth-order valence-corrected chi connectivity index (χ4v) is 1.31. The number of hydrogen-bond acceptors (Lipinski definition) is 6. The summed E-state index contributed by atoms with van der Waals surface area (Å²) in [5, 5.41) is 15.3. The van der Waals surface area contributed by atoms with E-state index in [1.54, 1.807) is 19.4 Å². The van der Waals surface area contributed by atoms with Crippen molar-refractivity contribution in [2.45, 2.75) is 19.4 Å². The minimum atomic E-state index is -0.158. The number of ether oxygens (including phenoxy) is 1. The molecule has 0 radical (unpaired) electrons. The second kappa shape index (κ2) is 7.81. The van der Waals surface area contributed by atoms with Crippen molar-refractivity contribution in [1.29, 1.82) is 0 Å². The third-order valence-corrected chi connectivity index (χ3v) is 2.13. The van der Waals surface area contributed by atoms with Gasteiger partial charge in [-0.05, 0) is 12.5 Å². The monoisotopic (exact) mass is 240 g/mol. The van der Waals surface area contributed by atoms with Crippen LogP contribution in [-0.4, -0.2) is 48.0 Å². The number of rotatable bonds is 8. The first-order valence-corrected chi connectivity index (χ1v) is 5.73. The average Bonchev–Trinajstić information content (AvgIpc) is 2.36. The zero-order valence-electron chi connectivity index (χ0n) is 10.3. The van der Waals surface area contributed by atoms with E-state index in [-0.39, 0.29) is 12.6 Å². The summed E-state index contributed by atoms with van der Waals surface area (Å²) >= 11 is 0. The van der Waals surface area contributed by atoms with Gasteiger partial charge in [0.2, 0.25) is 5.95 Å². The summed E-state index contributed by atoms with van der Waals surface area (Å²) < 4.78 is 4.98. The van der Waals surface area contributed by atoms with Gasteiger partial charge in [-0.1, -0.05) is 6.92 Å². The van der Waals surface area contributed by atoms with E-state index in [9.17, 15) is 0 Å². The van der Waals surface area contributed by atoms with Crippen molar-refractivity contribution in [3.63, 3.8) is 0 Å². The fraction of sp³-hybridized carbons (Fsp3) is 0.636. The lowest BCUT2D eigenvalue weighted by molar-refractivity contribution is 0.153. The Morgan fingerprint density at radius 2 is 2.35 bits per heavy atom. The van der Waals surface area contributed by atoms with E-state index in [0.717, 1.165) is 13.0 Å². The fourth-order valence-electron chi connectivity index (χ4n) is 1.31. The van der Waals surface area contributed by atoms with Crippen LogP contribution in [0.15, 0.2) is 12.3 Å². The number of aromatic nitrogens is 2. The Morgan fingerprint density at radius 3 is 3.00 bits per heavy atom. The van der Waals surface area contributed by atoms with Crippen molar-refractivity contribution >= 4 is 11.8 Å². The zero-order valence-corrected chi connectivity index (χ0v) is 10.3. The Kier molecular flexibility index (Phi) is 6.27. The highest BCUT2D eigenvalue weighted by molar-refractivity contribution is 5.40. The van der Waals surface area contributed by atoms with Crippen molar-refractivity contribution in [3.05, 3.63) is 12.3 Å². The summed E-state index contributed by atoms with van der Waals surface area (Å²) in [5.41, 5.74) is 0. The van der Waals surface area contributed by atoms with Crippen LogP contribution in [0, 0.1) is 0 Å². The smallest absolute Gasteiger partial charge is 0.224 e. The first-order valence-electron chi connectivity index (χ1n) is 5.73. The molecule has 1 aromatic heterocycles. The van der Waals surface area contributed by atoms with E-state index in [1.165, 1.54) is 0 Å². The molecule has 6 heteroatoms. The average molecular weight is 240 g/mol. The lowest BCUT2D eigenvalue weighted by Crippen LogP contribution is -2.29. The molecule has 17 heavy (non-hydrogen) atoms. The van der Waals surface area contributed by atoms with Crippen molar-refractivity contribution in [2.75, 3.05) is 37.5 Å². The van der Waals surface area contributed by atoms with Gasteiger partial charge in [-0.25, -0.2) is 4.98 Å². The molecule has 0 fully saturated rings. The first kappa shape index (κ1) is 13.7. The number of aliphatic hydroxyl groups is 1. The molecule has 1 heterocycles. The predicted octanol–water partition coefficient (Wildman–Crippen LogP) is 0.718. The predicted molar refractivity (Wildman–Crippen MR) is 67.2 cm³/mol. The van der Waals surface area contributed by atoms with Crippen LogP contribution in [-0.2, 0) is 4.74 Å². The molecule has 0 aromatic carbocycles. The minimum absolute atomic E-state index is 0.00440. The van der Waals surface area contributed by atoms with Gasteiger partial charge in [0.15, 0.2) is 0 Å². The van der Waals surface area contributed by atoms with E-state index in [1.807, 2.05) is 0 Å². The molecule has 1 rings (SSSR count). The summed E-state index contributed by atoms with van der Waals surface area (Å²) in [7, 11) is 1.60. The highest BCUT2D eigenvalue weighted by atomic mass is 16.5. The molecule has 1 atom stereocenters. The van der Waals surface area contributed by atoms with Gasteiger partial charge in [0, 0.05) is 19.9 Å². The lowest BCUT2D eigenvalue weighted by atomic mass is 10.3. The van der Waals surface area contributed by atoms with Crippen LogP contribution in [0.3, 0.4) is 0 Å². The van der Waals surface area contributed by atoms with Crippen molar-refractivity contribution in [2.24, 2.45) is 0 Å². The highest BCUT2D eigenvalue weighted by Gasteiger charge is 2.07. The second-order valence-electron chi connectivity index (χ2n) is 3.67. The molecule has 0 saturated carbocycles.